The second kappa shape index (κ2) is 6.47. The van der Waals surface area contributed by atoms with Gasteiger partial charge in [0, 0.05) is 12.5 Å². The highest BCUT2D eigenvalue weighted by Crippen LogP contribution is 2.31. The largest absolute Gasteiger partial charge is 0.416 e. The summed E-state index contributed by atoms with van der Waals surface area (Å²) in [7, 11) is 0. The number of hydrogen-bond acceptors (Lipinski definition) is 1. The molecular formula is C13H15F6N. The van der Waals surface area contributed by atoms with Crippen LogP contribution in [0.4, 0.5) is 26.3 Å². The van der Waals surface area contributed by atoms with Crippen LogP contribution >= 0.6 is 0 Å². The van der Waals surface area contributed by atoms with Crippen molar-refractivity contribution in [2.45, 2.75) is 38.2 Å². The van der Waals surface area contributed by atoms with Gasteiger partial charge in [0.15, 0.2) is 0 Å². The molecule has 1 aromatic rings. The minimum atomic E-state index is -4.45. The summed E-state index contributed by atoms with van der Waals surface area (Å²) in [6, 6.07) is 3.59. The van der Waals surface area contributed by atoms with Crippen LogP contribution in [0, 0.1) is 0 Å². The van der Waals surface area contributed by atoms with E-state index in [9.17, 15) is 26.3 Å². The van der Waals surface area contributed by atoms with E-state index in [1.165, 1.54) is 12.1 Å². The van der Waals surface area contributed by atoms with Crippen LogP contribution in [0.15, 0.2) is 24.3 Å². The molecule has 1 atom stereocenters. The summed E-state index contributed by atoms with van der Waals surface area (Å²) in [5.74, 6) is 0. The van der Waals surface area contributed by atoms with E-state index in [2.05, 4.69) is 5.32 Å². The van der Waals surface area contributed by atoms with Crippen molar-refractivity contribution in [3.8, 4) is 0 Å². The van der Waals surface area contributed by atoms with Crippen molar-refractivity contribution in [1.82, 2.24) is 5.32 Å². The lowest BCUT2D eigenvalue weighted by atomic mass is 10.00. The Kier molecular flexibility index (Phi) is 5.44. The predicted molar refractivity (Wildman–Crippen MR) is 63.2 cm³/mol. The SMILES string of the molecule is CCNC(CCC(F)(F)F)c1ccc(C(F)(F)F)cc1. The smallest absolute Gasteiger partial charge is 0.310 e. The molecule has 0 spiro atoms. The molecule has 0 aromatic heterocycles. The van der Waals surface area contributed by atoms with Gasteiger partial charge in [-0.2, -0.15) is 26.3 Å². The first kappa shape index (κ1) is 16.8. The molecule has 7 heteroatoms. The van der Waals surface area contributed by atoms with Gasteiger partial charge in [-0.15, -0.1) is 0 Å². The van der Waals surface area contributed by atoms with E-state index in [-0.39, 0.29) is 6.42 Å². The topological polar surface area (TPSA) is 12.0 Å². The fourth-order valence-corrected chi connectivity index (χ4v) is 1.85. The van der Waals surface area contributed by atoms with Crippen LogP contribution in [0.5, 0.6) is 0 Å². The van der Waals surface area contributed by atoms with Crippen molar-refractivity contribution in [1.29, 1.82) is 0 Å². The van der Waals surface area contributed by atoms with Crippen LogP contribution in [0.2, 0.25) is 0 Å². The maximum atomic E-state index is 12.4. The van der Waals surface area contributed by atoms with Gasteiger partial charge in [-0.05, 0) is 30.7 Å². The zero-order valence-electron chi connectivity index (χ0n) is 10.8. The standard InChI is InChI=1S/C13H15F6N/c1-2-20-11(7-8-12(14,15)16)9-3-5-10(6-4-9)13(17,18)19/h3-6,11,20H,2,7-8H2,1H3. The van der Waals surface area contributed by atoms with E-state index in [0.29, 0.717) is 12.1 Å². The Hall–Kier alpha value is -1.24. The maximum absolute atomic E-state index is 12.4. The summed E-state index contributed by atoms with van der Waals surface area (Å²) >= 11 is 0. The molecule has 1 rings (SSSR count). The molecule has 1 nitrogen and oxygen atoms in total. The summed E-state index contributed by atoms with van der Waals surface area (Å²) < 4.78 is 73.9. The van der Waals surface area contributed by atoms with Crippen molar-refractivity contribution in [2.24, 2.45) is 0 Å². The Morgan fingerprint density at radius 2 is 1.55 bits per heavy atom. The van der Waals surface area contributed by atoms with Crippen molar-refractivity contribution >= 4 is 0 Å². The zero-order chi connectivity index (χ0) is 15.4. The van der Waals surface area contributed by atoms with E-state index >= 15 is 0 Å². The molecule has 1 aromatic carbocycles. The first-order valence-corrected chi connectivity index (χ1v) is 6.11. The third kappa shape index (κ3) is 5.40. The van der Waals surface area contributed by atoms with Gasteiger partial charge in [0.25, 0.3) is 0 Å². The number of nitrogens with one attached hydrogen (secondary N) is 1. The summed E-state index contributed by atoms with van der Waals surface area (Å²) in [6.45, 7) is 2.16. The van der Waals surface area contributed by atoms with Gasteiger partial charge >= 0.3 is 12.4 Å². The molecule has 0 saturated carbocycles. The Bertz CT molecular complexity index is 406. The van der Waals surface area contributed by atoms with Gasteiger partial charge in [0.05, 0.1) is 5.56 Å². The Labute approximate surface area is 113 Å². The van der Waals surface area contributed by atoms with Gasteiger partial charge in [0.2, 0.25) is 0 Å². The van der Waals surface area contributed by atoms with Crippen LogP contribution in [0.25, 0.3) is 0 Å². The molecule has 0 saturated heterocycles. The molecule has 1 unspecified atom stereocenters. The molecule has 0 bridgehead atoms. The number of benzene rings is 1. The predicted octanol–water partition coefficient (Wildman–Crippen LogP) is 4.70. The quantitative estimate of drug-likeness (QED) is 0.777. The average Bonchev–Trinajstić information content (AvgIpc) is 2.32. The van der Waals surface area contributed by atoms with Crippen LogP contribution in [0.3, 0.4) is 0 Å². The molecule has 114 valence electrons. The average molecular weight is 299 g/mol. The second-order valence-electron chi connectivity index (χ2n) is 4.38. The number of hydrogen-bond donors (Lipinski definition) is 1. The van der Waals surface area contributed by atoms with E-state index in [1.54, 1.807) is 6.92 Å². The van der Waals surface area contributed by atoms with Gasteiger partial charge < -0.3 is 5.32 Å². The highest BCUT2D eigenvalue weighted by molar-refractivity contribution is 5.26. The molecular weight excluding hydrogens is 284 g/mol. The van der Waals surface area contributed by atoms with Gasteiger partial charge in [-0.3, -0.25) is 0 Å². The fraction of sp³-hybridized carbons (Fsp3) is 0.538. The third-order valence-electron chi connectivity index (χ3n) is 2.81. The highest BCUT2D eigenvalue weighted by atomic mass is 19.4. The Morgan fingerprint density at radius 3 is 1.95 bits per heavy atom. The number of alkyl halides is 6. The van der Waals surface area contributed by atoms with Crippen molar-refractivity contribution in [3.05, 3.63) is 35.4 Å². The van der Waals surface area contributed by atoms with E-state index in [4.69, 9.17) is 0 Å². The van der Waals surface area contributed by atoms with Crippen molar-refractivity contribution in [2.75, 3.05) is 6.54 Å². The Balaban J connectivity index is 2.81. The summed E-state index contributed by atoms with van der Waals surface area (Å²) in [5, 5.41) is 2.85. The highest BCUT2D eigenvalue weighted by Gasteiger charge is 2.31. The Morgan fingerprint density at radius 1 is 1.00 bits per heavy atom. The molecule has 0 aliphatic carbocycles. The molecule has 0 aliphatic heterocycles. The molecule has 0 amide bonds. The van der Waals surface area contributed by atoms with Crippen LogP contribution in [-0.2, 0) is 6.18 Å². The fourth-order valence-electron chi connectivity index (χ4n) is 1.85. The van der Waals surface area contributed by atoms with E-state index in [1.807, 2.05) is 0 Å². The zero-order valence-corrected chi connectivity index (χ0v) is 10.8. The monoisotopic (exact) mass is 299 g/mol. The minimum Gasteiger partial charge on any atom is -0.310 e. The van der Waals surface area contributed by atoms with E-state index in [0.717, 1.165) is 12.1 Å². The maximum Gasteiger partial charge on any atom is 0.416 e. The summed E-state index contributed by atoms with van der Waals surface area (Å²) in [4.78, 5) is 0. The second-order valence-corrected chi connectivity index (χ2v) is 4.38. The molecule has 1 N–H and O–H groups in total. The lowest BCUT2D eigenvalue weighted by molar-refractivity contribution is -0.137. The van der Waals surface area contributed by atoms with Gasteiger partial charge in [-0.1, -0.05) is 19.1 Å². The van der Waals surface area contributed by atoms with Crippen molar-refractivity contribution < 1.29 is 26.3 Å². The molecule has 0 fully saturated rings. The van der Waals surface area contributed by atoms with Crippen molar-refractivity contribution in [3.63, 3.8) is 0 Å². The third-order valence-corrected chi connectivity index (χ3v) is 2.81. The van der Waals surface area contributed by atoms with Crippen LogP contribution in [-0.4, -0.2) is 12.7 Å². The van der Waals surface area contributed by atoms with E-state index < -0.39 is 30.4 Å². The minimum absolute atomic E-state index is 0.206. The molecule has 20 heavy (non-hydrogen) atoms. The lowest BCUT2D eigenvalue weighted by Crippen LogP contribution is -2.23. The van der Waals surface area contributed by atoms with Gasteiger partial charge in [0.1, 0.15) is 0 Å². The molecule has 0 aliphatic rings. The lowest BCUT2D eigenvalue weighted by Gasteiger charge is -2.19. The first-order valence-electron chi connectivity index (χ1n) is 6.11. The summed E-state index contributed by atoms with van der Waals surface area (Å²) in [5.41, 5.74) is -0.392. The first-order chi connectivity index (χ1) is 9.13. The van der Waals surface area contributed by atoms with Gasteiger partial charge in [-0.25, -0.2) is 0 Å². The number of rotatable bonds is 5. The summed E-state index contributed by atoms with van der Waals surface area (Å²) in [6.07, 6.45) is -9.91. The van der Waals surface area contributed by atoms with Crippen LogP contribution in [0.1, 0.15) is 36.9 Å². The van der Waals surface area contributed by atoms with Crippen LogP contribution < -0.4 is 5.32 Å². The number of halogens is 6. The molecule has 0 radical (unpaired) electrons. The normalized spacial score (nSPS) is 14.3. The molecule has 0 heterocycles.